The molecule has 0 radical (unpaired) electrons. The van der Waals surface area contributed by atoms with Gasteiger partial charge in [-0.1, -0.05) is 12.2 Å². The molecule has 2 N–H and O–H groups in total. The van der Waals surface area contributed by atoms with Gasteiger partial charge in [0.2, 0.25) is 0 Å². The lowest BCUT2D eigenvalue weighted by Gasteiger charge is -1.87. The van der Waals surface area contributed by atoms with E-state index in [1.165, 1.54) is 12.4 Å². The highest BCUT2D eigenvalue weighted by atomic mass is 16.2. The molecule has 0 atom stereocenters. The Kier molecular flexibility index (Phi) is 2.57. The van der Waals surface area contributed by atoms with Crippen molar-refractivity contribution in [3.05, 3.63) is 34.5 Å². The summed E-state index contributed by atoms with van der Waals surface area (Å²) in [5, 5.41) is 8.40. The summed E-state index contributed by atoms with van der Waals surface area (Å²) in [5.74, 6) is 0. The van der Waals surface area contributed by atoms with Crippen LogP contribution in [0.25, 0.3) is 6.08 Å². The SMILES string of the molecule is O=c1ncc(C=CCO)c[nH]1. The quantitative estimate of drug-likeness (QED) is 0.615. The van der Waals surface area contributed by atoms with Gasteiger partial charge in [0.15, 0.2) is 0 Å². The third-order valence-electron chi connectivity index (χ3n) is 1.11. The highest BCUT2D eigenvalue weighted by Gasteiger charge is 1.85. The molecule has 0 aliphatic heterocycles. The lowest BCUT2D eigenvalue weighted by atomic mass is 10.3. The van der Waals surface area contributed by atoms with Crippen molar-refractivity contribution >= 4 is 6.08 Å². The van der Waals surface area contributed by atoms with Gasteiger partial charge in [-0.15, -0.1) is 0 Å². The van der Waals surface area contributed by atoms with Crippen LogP contribution in [0.3, 0.4) is 0 Å². The first-order valence-electron chi connectivity index (χ1n) is 3.15. The maximum atomic E-state index is 10.5. The number of H-pyrrole nitrogens is 1. The lowest BCUT2D eigenvalue weighted by Crippen LogP contribution is -2.07. The van der Waals surface area contributed by atoms with E-state index in [4.69, 9.17) is 5.11 Å². The van der Waals surface area contributed by atoms with Gasteiger partial charge in [-0.3, -0.25) is 0 Å². The zero-order valence-corrected chi connectivity index (χ0v) is 5.82. The highest BCUT2D eigenvalue weighted by molar-refractivity contribution is 5.45. The van der Waals surface area contributed by atoms with Crippen molar-refractivity contribution in [3.8, 4) is 0 Å². The minimum absolute atomic E-state index is 0.0148. The molecule has 0 fully saturated rings. The van der Waals surface area contributed by atoms with Gasteiger partial charge in [0.05, 0.1) is 6.61 Å². The predicted molar refractivity (Wildman–Crippen MR) is 41.0 cm³/mol. The first kappa shape index (κ1) is 7.68. The number of aromatic amines is 1. The van der Waals surface area contributed by atoms with Crippen molar-refractivity contribution < 1.29 is 5.11 Å². The van der Waals surface area contributed by atoms with Crippen LogP contribution < -0.4 is 5.69 Å². The van der Waals surface area contributed by atoms with Gasteiger partial charge in [-0.2, -0.15) is 0 Å². The fourth-order valence-electron chi connectivity index (χ4n) is 0.633. The Hall–Kier alpha value is -1.42. The van der Waals surface area contributed by atoms with Gasteiger partial charge in [0, 0.05) is 18.0 Å². The van der Waals surface area contributed by atoms with E-state index in [-0.39, 0.29) is 12.3 Å². The van der Waals surface area contributed by atoms with E-state index in [0.717, 1.165) is 5.56 Å². The summed E-state index contributed by atoms with van der Waals surface area (Å²) in [6.45, 7) is -0.0148. The summed E-state index contributed by atoms with van der Waals surface area (Å²) in [5.41, 5.74) is 0.393. The Labute approximate surface area is 63.2 Å². The molecule has 0 spiro atoms. The summed E-state index contributed by atoms with van der Waals surface area (Å²) in [6.07, 6.45) is 6.20. The Morgan fingerprint density at radius 1 is 1.73 bits per heavy atom. The van der Waals surface area contributed by atoms with Crippen LogP contribution in [0.4, 0.5) is 0 Å². The molecule has 1 rings (SSSR count). The first-order valence-corrected chi connectivity index (χ1v) is 3.15. The van der Waals surface area contributed by atoms with Crippen molar-refractivity contribution in [2.75, 3.05) is 6.61 Å². The molecule has 1 aromatic rings. The smallest absolute Gasteiger partial charge is 0.344 e. The zero-order chi connectivity index (χ0) is 8.10. The second-order valence-corrected chi connectivity index (χ2v) is 1.94. The summed E-state index contributed by atoms with van der Waals surface area (Å²) in [7, 11) is 0. The number of aromatic nitrogens is 2. The number of rotatable bonds is 2. The van der Waals surface area contributed by atoms with E-state index in [1.807, 2.05) is 0 Å². The number of nitrogens with one attached hydrogen (secondary N) is 1. The van der Waals surface area contributed by atoms with Gasteiger partial charge in [-0.25, -0.2) is 9.78 Å². The van der Waals surface area contributed by atoms with Crippen LogP contribution in [0, 0.1) is 0 Å². The van der Waals surface area contributed by atoms with Gasteiger partial charge >= 0.3 is 5.69 Å². The summed E-state index contributed by atoms with van der Waals surface area (Å²) in [4.78, 5) is 16.4. The minimum Gasteiger partial charge on any atom is -0.392 e. The molecule has 4 nitrogen and oxygen atoms in total. The molecule has 1 heterocycles. The van der Waals surface area contributed by atoms with Gasteiger partial charge in [-0.05, 0) is 0 Å². The summed E-state index contributed by atoms with van der Waals surface area (Å²) >= 11 is 0. The molecule has 0 aromatic carbocycles. The predicted octanol–water partition coefficient (Wildman–Crippen LogP) is -0.225. The van der Waals surface area contributed by atoms with Crippen LogP contribution in [0.5, 0.6) is 0 Å². The van der Waals surface area contributed by atoms with E-state index in [1.54, 1.807) is 12.2 Å². The van der Waals surface area contributed by atoms with Crippen LogP contribution in [0.1, 0.15) is 5.56 Å². The fraction of sp³-hybridized carbons (Fsp3) is 0.143. The molecule has 58 valence electrons. The third-order valence-corrected chi connectivity index (χ3v) is 1.11. The fourth-order valence-corrected chi connectivity index (χ4v) is 0.633. The van der Waals surface area contributed by atoms with Crippen LogP contribution in [0.15, 0.2) is 23.3 Å². The first-order chi connectivity index (χ1) is 5.33. The molecule has 0 saturated heterocycles. The maximum Gasteiger partial charge on any atom is 0.344 e. The van der Waals surface area contributed by atoms with Crippen LogP contribution in [-0.2, 0) is 0 Å². The number of nitrogens with zero attached hydrogens (tertiary/aromatic N) is 1. The molecule has 1 aromatic heterocycles. The van der Waals surface area contributed by atoms with Gasteiger partial charge in [0.25, 0.3) is 0 Å². The number of hydrogen-bond acceptors (Lipinski definition) is 3. The number of hydrogen-bond donors (Lipinski definition) is 2. The minimum atomic E-state index is -0.369. The molecule has 11 heavy (non-hydrogen) atoms. The van der Waals surface area contributed by atoms with Crippen LogP contribution >= 0.6 is 0 Å². The second-order valence-electron chi connectivity index (χ2n) is 1.94. The van der Waals surface area contributed by atoms with Crippen molar-refractivity contribution in [1.82, 2.24) is 9.97 Å². The standard InChI is InChI=1S/C7H8N2O2/c10-3-1-2-6-4-8-7(11)9-5-6/h1-2,4-5,10H,3H2,(H,8,9,11). The highest BCUT2D eigenvalue weighted by Crippen LogP contribution is 1.93. The van der Waals surface area contributed by atoms with Gasteiger partial charge in [0.1, 0.15) is 0 Å². The van der Waals surface area contributed by atoms with Crippen LogP contribution in [0.2, 0.25) is 0 Å². The number of aliphatic hydroxyl groups excluding tert-OH is 1. The van der Waals surface area contributed by atoms with Crippen LogP contribution in [-0.4, -0.2) is 21.7 Å². The summed E-state index contributed by atoms with van der Waals surface area (Å²) in [6, 6.07) is 0. The van der Waals surface area contributed by atoms with E-state index in [2.05, 4.69) is 9.97 Å². The molecule has 0 amide bonds. The van der Waals surface area contributed by atoms with Gasteiger partial charge < -0.3 is 10.1 Å². The Bertz CT molecular complexity index is 283. The average molecular weight is 152 g/mol. The van der Waals surface area contributed by atoms with E-state index < -0.39 is 0 Å². The van der Waals surface area contributed by atoms with E-state index in [0.29, 0.717) is 0 Å². The number of aliphatic hydroxyl groups is 1. The average Bonchev–Trinajstić information content (AvgIpc) is 2.04. The lowest BCUT2D eigenvalue weighted by molar-refractivity contribution is 0.343. The van der Waals surface area contributed by atoms with E-state index in [9.17, 15) is 4.79 Å². The zero-order valence-electron chi connectivity index (χ0n) is 5.82. The topological polar surface area (TPSA) is 66.0 Å². The second kappa shape index (κ2) is 3.68. The Morgan fingerprint density at radius 3 is 3.09 bits per heavy atom. The molecular weight excluding hydrogens is 144 g/mol. The Balaban J connectivity index is 2.82. The maximum absolute atomic E-state index is 10.5. The molecule has 4 heteroatoms. The largest absolute Gasteiger partial charge is 0.392 e. The molecule has 0 unspecified atom stereocenters. The molecule has 0 aliphatic rings. The monoisotopic (exact) mass is 152 g/mol. The van der Waals surface area contributed by atoms with Crippen molar-refractivity contribution in [2.45, 2.75) is 0 Å². The van der Waals surface area contributed by atoms with E-state index >= 15 is 0 Å². The van der Waals surface area contributed by atoms with Crippen molar-refractivity contribution in [2.24, 2.45) is 0 Å². The molecule has 0 saturated carbocycles. The summed E-state index contributed by atoms with van der Waals surface area (Å²) < 4.78 is 0. The third kappa shape index (κ3) is 2.35. The Morgan fingerprint density at radius 2 is 2.55 bits per heavy atom. The van der Waals surface area contributed by atoms with Crippen molar-refractivity contribution in [3.63, 3.8) is 0 Å². The normalized spacial score (nSPS) is 10.6. The van der Waals surface area contributed by atoms with Crippen molar-refractivity contribution in [1.29, 1.82) is 0 Å². The molecular formula is C7H8N2O2. The molecule has 0 bridgehead atoms. The molecule has 0 aliphatic carbocycles.